The first-order chi connectivity index (χ1) is 15.9. The average Bonchev–Trinajstić information content (AvgIpc) is 2.77. The van der Waals surface area contributed by atoms with Crippen molar-refractivity contribution in [2.75, 3.05) is 0 Å². The fraction of sp³-hybridized carbons (Fsp3) is 0.731. The van der Waals surface area contributed by atoms with Crippen molar-refractivity contribution >= 4 is 16.4 Å². The zero-order valence-corrected chi connectivity index (χ0v) is 21.4. The minimum absolute atomic E-state index is 0.163. The Kier molecular flexibility index (Phi) is 16.1. The molecule has 0 saturated carbocycles. The maximum atomic E-state index is 12.5. The lowest BCUT2D eigenvalue weighted by molar-refractivity contribution is -0.142. The lowest BCUT2D eigenvalue weighted by Crippen LogP contribution is -2.31. The summed E-state index contributed by atoms with van der Waals surface area (Å²) in [6.45, 7) is 4.16. The van der Waals surface area contributed by atoms with Crippen LogP contribution >= 0.6 is 0 Å². The first kappa shape index (κ1) is 29.6. The lowest BCUT2D eigenvalue weighted by atomic mass is 10.0. The topological polar surface area (TPSA) is 89.9 Å². The summed E-state index contributed by atoms with van der Waals surface area (Å²) >= 11 is 0. The van der Waals surface area contributed by atoms with Crippen LogP contribution in [-0.2, 0) is 25.8 Å². The second-order valence-electron chi connectivity index (χ2n) is 8.82. The number of benzene rings is 1. The van der Waals surface area contributed by atoms with E-state index >= 15 is 0 Å². The summed E-state index contributed by atoms with van der Waals surface area (Å²) < 4.78 is 41.2. The second-order valence-corrected chi connectivity index (χ2v) is 9.87. The number of carbonyl (C=O) groups excluding carboxylic acids is 1. The molecule has 190 valence electrons. The van der Waals surface area contributed by atoms with Gasteiger partial charge < -0.3 is 4.74 Å². The van der Waals surface area contributed by atoms with Gasteiger partial charge in [0.2, 0.25) is 0 Å². The summed E-state index contributed by atoms with van der Waals surface area (Å²) in [5, 5.41) is 0. The van der Waals surface area contributed by atoms with Gasteiger partial charge in [0.1, 0.15) is 5.75 Å². The second kappa shape index (κ2) is 18.0. The van der Waals surface area contributed by atoms with Crippen molar-refractivity contribution in [1.82, 2.24) is 0 Å². The number of rotatable bonds is 20. The van der Waals surface area contributed by atoms with Gasteiger partial charge in [0.05, 0.1) is 0 Å². The van der Waals surface area contributed by atoms with Crippen LogP contribution in [0.3, 0.4) is 0 Å². The molecular formula is C26H44O6S. The van der Waals surface area contributed by atoms with Crippen molar-refractivity contribution in [3.05, 3.63) is 29.8 Å². The number of esters is 1. The molecule has 0 amide bonds. The van der Waals surface area contributed by atoms with Crippen molar-refractivity contribution in [3.63, 3.8) is 0 Å². The molecule has 7 heteroatoms. The maximum Gasteiger partial charge on any atom is 0.398 e. The highest BCUT2D eigenvalue weighted by Crippen LogP contribution is 2.23. The van der Waals surface area contributed by atoms with Crippen molar-refractivity contribution in [1.29, 1.82) is 0 Å². The Balaban J connectivity index is 2.37. The molecule has 6 nitrogen and oxygen atoms in total. The molecule has 0 aromatic heterocycles. The third kappa shape index (κ3) is 15.2. The Morgan fingerprint density at radius 1 is 0.818 bits per heavy atom. The molecule has 0 spiro atoms. The highest BCUT2D eigenvalue weighted by Gasteiger charge is 2.27. The lowest BCUT2D eigenvalue weighted by Gasteiger charge is -2.16. The van der Waals surface area contributed by atoms with Crippen LogP contribution in [-0.4, -0.2) is 25.0 Å². The van der Waals surface area contributed by atoms with Gasteiger partial charge in [-0.15, -0.1) is 0 Å². The predicted molar refractivity (Wildman–Crippen MR) is 133 cm³/mol. The zero-order valence-electron chi connectivity index (χ0n) is 20.6. The molecule has 1 aromatic rings. The van der Waals surface area contributed by atoms with E-state index in [0.717, 1.165) is 31.2 Å². The van der Waals surface area contributed by atoms with Gasteiger partial charge in [0.15, 0.2) is 6.10 Å². The van der Waals surface area contributed by atoms with Gasteiger partial charge in [-0.1, -0.05) is 116 Å². The molecule has 1 aromatic carbocycles. The Labute approximate surface area is 201 Å². The number of para-hydroxylation sites is 1. The molecule has 0 bridgehead atoms. The minimum Gasteiger partial charge on any atom is -0.424 e. The van der Waals surface area contributed by atoms with Crippen molar-refractivity contribution in [2.45, 2.75) is 123 Å². The molecule has 0 aliphatic heterocycles. The third-order valence-electron chi connectivity index (χ3n) is 5.80. The van der Waals surface area contributed by atoms with Crippen LogP contribution in [0.2, 0.25) is 0 Å². The summed E-state index contributed by atoms with van der Waals surface area (Å²) in [5.74, 6) is -0.380. The molecule has 1 N–H and O–H groups in total. The summed E-state index contributed by atoms with van der Waals surface area (Å²) in [6.07, 6.45) is 16.3. The standard InChI is InChI=1S/C26H44O6S/c1-3-5-7-8-9-10-11-12-13-14-15-16-19-23-20-17-18-22-24(23)31-26(27)25(21-6-4-2)32-33(28,29)30/h17-18,20,22,25H,3-16,19,21H2,1-2H3,(H,28,29,30). The minimum atomic E-state index is -4.74. The predicted octanol–water partition coefficient (Wildman–Crippen LogP) is 7.21. The molecule has 0 saturated heterocycles. The molecule has 1 rings (SSSR count). The van der Waals surface area contributed by atoms with Gasteiger partial charge in [-0.2, -0.15) is 8.42 Å². The van der Waals surface area contributed by atoms with Crippen LogP contribution in [0.4, 0.5) is 0 Å². The van der Waals surface area contributed by atoms with E-state index in [-0.39, 0.29) is 6.42 Å². The highest BCUT2D eigenvalue weighted by molar-refractivity contribution is 7.80. The van der Waals surface area contributed by atoms with Crippen molar-refractivity contribution < 1.29 is 26.7 Å². The van der Waals surface area contributed by atoms with E-state index < -0.39 is 22.5 Å². The van der Waals surface area contributed by atoms with Crippen LogP contribution < -0.4 is 4.74 Å². The Hall–Kier alpha value is -1.44. The normalized spacial score (nSPS) is 12.6. The first-order valence-electron chi connectivity index (χ1n) is 12.8. The maximum absolute atomic E-state index is 12.5. The van der Waals surface area contributed by atoms with Gasteiger partial charge in [0.25, 0.3) is 0 Å². The summed E-state index contributed by atoms with van der Waals surface area (Å²) in [7, 11) is -4.74. The van der Waals surface area contributed by atoms with Gasteiger partial charge in [-0.05, 0) is 30.9 Å². The third-order valence-corrected chi connectivity index (χ3v) is 6.28. The van der Waals surface area contributed by atoms with Crippen LogP contribution in [0.5, 0.6) is 5.75 Å². The summed E-state index contributed by atoms with van der Waals surface area (Å²) in [5.41, 5.74) is 0.916. The van der Waals surface area contributed by atoms with E-state index in [2.05, 4.69) is 11.1 Å². The largest absolute Gasteiger partial charge is 0.424 e. The SMILES string of the molecule is CCCCCCCCCCCCCCc1ccccc1OC(=O)C(CCCC)OS(=O)(=O)O. The molecule has 0 radical (unpaired) electrons. The van der Waals surface area contributed by atoms with E-state index in [1.54, 1.807) is 12.1 Å². The molecular weight excluding hydrogens is 440 g/mol. The quantitative estimate of drug-likeness (QED) is 0.0910. The van der Waals surface area contributed by atoms with Crippen LogP contribution in [0, 0.1) is 0 Å². The number of aryl methyl sites for hydroxylation is 1. The van der Waals surface area contributed by atoms with E-state index in [4.69, 9.17) is 9.29 Å². The van der Waals surface area contributed by atoms with Crippen LogP contribution in [0.25, 0.3) is 0 Å². The molecule has 33 heavy (non-hydrogen) atoms. The average molecular weight is 485 g/mol. The van der Waals surface area contributed by atoms with Crippen molar-refractivity contribution in [3.8, 4) is 5.75 Å². The van der Waals surface area contributed by atoms with Crippen LogP contribution in [0.1, 0.15) is 116 Å². The Morgan fingerprint density at radius 3 is 1.88 bits per heavy atom. The number of ether oxygens (including phenoxy) is 1. The number of unbranched alkanes of at least 4 members (excludes halogenated alkanes) is 12. The van der Waals surface area contributed by atoms with E-state index in [9.17, 15) is 13.2 Å². The van der Waals surface area contributed by atoms with E-state index in [0.29, 0.717) is 12.2 Å². The Bertz CT molecular complexity index is 747. The molecule has 0 heterocycles. The molecule has 0 fully saturated rings. The first-order valence-corrected chi connectivity index (χ1v) is 14.2. The van der Waals surface area contributed by atoms with Gasteiger partial charge in [-0.3, -0.25) is 4.55 Å². The fourth-order valence-corrected chi connectivity index (χ4v) is 4.35. The number of hydrogen-bond donors (Lipinski definition) is 1. The number of carbonyl (C=O) groups is 1. The smallest absolute Gasteiger partial charge is 0.398 e. The molecule has 0 aliphatic rings. The number of hydrogen-bond acceptors (Lipinski definition) is 5. The van der Waals surface area contributed by atoms with Crippen LogP contribution in [0.15, 0.2) is 24.3 Å². The monoisotopic (exact) mass is 484 g/mol. The van der Waals surface area contributed by atoms with Gasteiger partial charge in [-0.25, -0.2) is 8.98 Å². The molecule has 1 unspecified atom stereocenters. The van der Waals surface area contributed by atoms with Gasteiger partial charge in [0, 0.05) is 0 Å². The zero-order chi connectivity index (χ0) is 24.4. The van der Waals surface area contributed by atoms with Crippen molar-refractivity contribution in [2.24, 2.45) is 0 Å². The Morgan fingerprint density at radius 2 is 1.33 bits per heavy atom. The van der Waals surface area contributed by atoms with E-state index in [1.165, 1.54) is 64.2 Å². The molecule has 0 aliphatic carbocycles. The summed E-state index contributed by atoms with van der Waals surface area (Å²) in [4.78, 5) is 12.5. The molecule has 1 atom stereocenters. The van der Waals surface area contributed by atoms with Gasteiger partial charge >= 0.3 is 16.4 Å². The van der Waals surface area contributed by atoms with E-state index in [1.807, 2.05) is 19.1 Å². The fourth-order valence-electron chi connectivity index (χ4n) is 3.88. The summed E-state index contributed by atoms with van der Waals surface area (Å²) in [6, 6.07) is 7.30. The highest BCUT2D eigenvalue weighted by atomic mass is 32.3.